The molecule has 2 saturated heterocycles. The number of carbonyl (C=O) groups is 6. The highest BCUT2D eigenvalue weighted by Crippen LogP contribution is 2.32. The van der Waals surface area contributed by atoms with E-state index in [1.807, 2.05) is 18.2 Å². The predicted octanol–water partition coefficient (Wildman–Crippen LogP) is 3.08. The van der Waals surface area contributed by atoms with Crippen LogP contribution in [0.3, 0.4) is 0 Å². The van der Waals surface area contributed by atoms with E-state index < -0.39 is 29.7 Å². The number of hydrogen-bond acceptors (Lipinski definition) is 11. The number of amides is 6. The average Bonchev–Trinajstić information content (AvgIpc) is 3.87. The smallest absolute Gasteiger partial charge is 0.264 e. The summed E-state index contributed by atoms with van der Waals surface area (Å²) in [6.07, 6.45) is 2.54. The van der Waals surface area contributed by atoms with Crippen molar-refractivity contribution in [2.24, 2.45) is 0 Å². The van der Waals surface area contributed by atoms with Crippen LogP contribution in [0.15, 0.2) is 60.7 Å². The third-order valence-electron chi connectivity index (χ3n) is 10.2. The Hall–Kier alpha value is -5.97. The molecule has 7 rings (SSSR count). The SMILES string of the molecule is C[C@H]1CCCN1Cc1nc2cc(NC(=O)c3ccc(C(=O)NCCOCCOCCNc4cccc5c4C(=O)N(C4CCC(=O)NC4=O)C5=O)cc3)ccc2[nH]1. The number of rotatable bonds is 16. The van der Waals surface area contributed by atoms with E-state index in [4.69, 9.17) is 14.5 Å². The quantitative estimate of drug-likeness (QED) is 0.0829. The summed E-state index contributed by atoms with van der Waals surface area (Å²) in [5.41, 5.74) is 3.99. The highest BCUT2D eigenvalue weighted by molar-refractivity contribution is 6.25. The van der Waals surface area contributed by atoms with Crippen molar-refractivity contribution in [1.29, 1.82) is 0 Å². The molecule has 4 heterocycles. The highest BCUT2D eigenvalue weighted by atomic mass is 16.5. The van der Waals surface area contributed by atoms with Gasteiger partial charge in [0.25, 0.3) is 23.6 Å². The van der Waals surface area contributed by atoms with E-state index in [0.717, 1.165) is 34.8 Å². The Balaban J connectivity index is 0.773. The second-order valence-corrected chi connectivity index (χ2v) is 14.0. The summed E-state index contributed by atoms with van der Waals surface area (Å²) >= 11 is 0. The summed E-state index contributed by atoms with van der Waals surface area (Å²) in [5.74, 6) is -1.92. The van der Waals surface area contributed by atoms with Gasteiger partial charge in [-0.2, -0.15) is 0 Å². The topological polar surface area (TPSA) is 204 Å². The number of likely N-dealkylation sites (tertiary alicyclic amines) is 1. The van der Waals surface area contributed by atoms with Gasteiger partial charge in [-0.3, -0.25) is 43.9 Å². The Bertz CT molecular complexity index is 2150. The molecule has 0 aliphatic carbocycles. The molecule has 56 heavy (non-hydrogen) atoms. The molecule has 0 radical (unpaired) electrons. The van der Waals surface area contributed by atoms with E-state index in [2.05, 4.69) is 38.1 Å². The van der Waals surface area contributed by atoms with Crippen LogP contribution in [-0.2, 0) is 25.6 Å². The Morgan fingerprint density at radius 3 is 2.36 bits per heavy atom. The highest BCUT2D eigenvalue weighted by Gasteiger charge is 2.45. The van der Waals surface area contributed by atoms with Crippen LogP contribution in [0.25, 0.3) is 11.0 Å². The minimum Gasteiger partial charge on any atom is -0.382 e. The third kappa shape index (κ3) is 8.62. The van der Waals surface area contributed by atoms with E-state index in [9.17, 15) is 28.8 Å². The number of carbonyl (C=O) groups excluding carboxylic acids is 6. The second-order valence-electron chi connectivity index (χ2n) is 14.0. The van der Waals surface area contributed by atoms with Gasteiger partial charge < -0.3 is 30.4 Å². The van der Waals surface area contributed by atoms with Crippen molar-refractivity contribution in [3.8, 4) is 0 Å². The molecule has 0 saturated carbocycles. The van der Waals surface area contributed by atoms with Crippen LogP contribution >= 0.6 is 0 Å². The van der Waals surface area contributed by atoms with Crippen molar-refractivity contribution in [2.45, 2.75) is 51.2 Å². The van der Waals surface area contributed by atoms with Gasteiger partial charge in [-0.15, -0.1) is 0 Å². The predicted molar refractivity (Wildman–Crippen MR) is 205 cm³/mol. The number of imidazole rings is 1. The molecule has 3 aromatic carbocycles. The molecule has 4 aromatic rings. The molecule has 1 unspecified atom stereocenters. The molecule has 16 nitrogen and oxygen atoms in total. The molecular weight excluding hydrogens is 720 g/mol. The summed E-state index contributed by atoms with van der Waals surface area (Å²) in [7, 11) is 0. The monoisotopic (exact) mass is 764 g/mol. The van der Waals surface area contributed by atoms with Crippen molar-refractivity contribution in [2.75, 3.05) is 56.7 Å². The van der Waals surface area contributed by atoms with Gasteiger partial charge in [0.1, 0.15) is 11.9 Å². The molecule has 1 aromatic heterocycles. The maximum absolute atomic E-state index is 13.2. The summed E-state index contributed by atoms with van der Waals surface area (Å²) in [5, 5.41) is 11.0. The second kappa shape index (κ2) is 17.2. The third-order valence-corrected chi connectivity index (χ3v) is 10.2. The number of H-pyrrole nitrogens is 1. The number of benzene rings is 3. The van der Waals surface area contributed by atoms with Crippen LogP contribution in [0.1, 0.15) is 79.9 Å². The molecule has 3 aliphatic heterocycles. The first kappa shape index (κ1) is 38.3. The van der Waals surface area contributed by atoms with E-state index in [0.29, 0.717) is 48.3 Å². The van der Waals surface area contributed by atoms with Gasteiger partial charge in [-0.25, -0.2) is 4.98 Å². The van der Waals surface area contributed by atoms with Crippen molar-refractivity contribution in [1.82, 2.24) is 30.4 Å². The normalized spacial score (nSPS) is 18.3. The van der Waals surface area contributed by atoms with Crippen molar-refractivity contribution in [3.63, 3.8) is 0 Å². The summed E-state index contributed by atoms with van der Waals surface area (Å²) in [4.78, 5) is 87.1. The fraction of sp³-hybridized carbons (Fsp3) is 0.375. The molecule has 16 heteroatoms. The number of aromatic nitrogens is 2. The van der Waals surface area contributed by atoms with Crippen molar-refractivity contribution < 1.29 is 38.2 Å². The number of fused-ring (bicyclic) bond motifs is 2. The van der Waals surface area contributed by atoms with Crippen LogP contribution in [-0.4, -0.2) is 113 Å². The number of ether oxygens (including phenoxy) is 2. The number of imide groups is 2. The number of nitrogens with zero attached hydrogens (tertiary/aromatic N) is 3. The van der Waals surface area contributed by atoms with E-state index in [1.54, 1.807) is 36.4 Å². The van der Waals surface area contributed by atoms with Crippen LogP contribution in [0.4, 0.5) is 11.4 Å². The van der Waals surface area contributed by atoms with Gasteiger partial charge in [0, 0.05) is 48.1 Å². The summed E-state index contributed by atoms with van der Waals surface area (Å²) < 4.78 is 11.2. The number of anilines is 2. The zero-order valence-electron chi connectivity index (χ0n) is 31.0. The number of nitrogens with one attached hydrogen (secondary N) is 5. The maximum Gasteiger partial charge on any atom is 0.264 e. The molecule has 6 amide bonds. The Kier molecular flexibility index (Phi) is 11.8. The maximum atomic E-state index is 13.2. The fourth-order valence-electron chi connectivity index (χ4n) is 7.19. The molecular formula is C40H44N8O8. The molecule has 292 valence electrons. The fourth-order valence-corrected chi connectivity index (χ4v) is 7.19. The minimum atomic E-state index is -1.03. The van der Waals surface area contributed by atoms with E-state index in [-0.39, 0.29) is 55.5 Å². The lowest BCUT2D eigenvalue weighted by atomic mass is 10.0. The lowest BCUT2D eigenvalue weighted by Gasteiger charge is -2.27. The number of aromatic amines is 1. The van der Waals surface area contributed by atoms with Crippen LogP contribution < -0.4 is 21.3 Å². The Morgan fingerprint density at radius 1 is 0.875 bits per heavy atom. The van der Waals surface area contributed by atoms with Crippen LogP contribution in [0.2, 0.25) is 0 Å². The molecule has 2 atom stereocenters. The standard InChI is InChI=1S/C40H44N8O8/c1-24-4-3-17-47(24)23-33-44-29-12-11-27(22-31(29)45-33)43-37(51)26-9-7-25(8-10-26)36(50)42-16-19-56-21-20-55-18-15-41-30-6-2-5-28-35(30)40(54)48(39(28)53)32-13-14-34(49)46-38(32)52/h2,5-12,22,24,32,41H,3-4,13-21,23H2,1H3,(H,42,50)(H,43,51)(H,44,45)(H,46,49,52)/t24-,32?/m0/s1. The minimum absolute atomic E-state index is 0.0499. The van der Waals surface area contributed by atoms with Crippen molar-refractivity contribution in [3.05, 3.63) is 88.7 Å². The zero-order valence-corrected chi connectivity index (χ0v) is 31.0. The van der Waals surface area contributed by atoms with Crippen LogP contribution in [0, 0.1) is 0 Å². The summed E-state index contributed by atoms with van der Waals surface area (Å²) in [6.45, 7) is 5.84. The first-order valence-corrected chi connectivity index (χ1v) is 18.8. The van der Waals surface area contributed by atoms with Gasteiger partial charge >= 0.3 is 0 Å². The lowest BCUT2D eigenvalue weighted by Crippen LogP contribution is -2.54. The van der Waals surface area contributed by atoms with Gasteiger partial charge in [0.2, 0.25) is 11.8 Å². The van der Waals surface area contributed by atoms with E-state index >= 15 is 0 Å². The summed E-state index contributed by atoms with van der Waals surface area (Å²) in [6, 6.07) is 16.4. The first-order chi connectivity index (χ1) is 27.2. The van der Waals surface area contributed by atoms with Crippen molar-refractivity contribution >= 4 is 57.9 Å². The molecule has 3 aliphatic rings. The Morgan fingerprint density at radius 2 is 1.62 bits per heavy atom. The lowest BCUT2D eigenvalue weighted by molar-refractivity contribution is -0.136. The first-order valence-electron chi connectivity index (χ1n) is 18.8. The number of hydrogen-bond donors (Lipinski definition) is 5. The molecule has 0 bridgehead atoms. The average molecular weight is 765 g/mol. The molecule has 0 spiro atoms. The Labute approximate surface area is 322 Å². The zero-order chi connectivity index (χ0) is 39.2. The van der Waals surface area contributed by atoms with Gasteiger partial charge in [0.15, 0.2) is 0 Å². The van der Waals surface area contributed by atoms with Crippen LogP contribution in [0.5, 0.6) is 0 Å². The van der Waals surface area contributed by atoms with E-state index in [1.165, 1.54) is 18.9 Å². The van der Waals surface area contributed by atoms with Gasteiger partial charge in [-0.1, -0.05) is 6.07 Å². The largest absolute Gasteiger partial charge is 0.382 e. The molecule has 5 N–H and O–H groups in total. The van der Waals surface area contributed by atoms with Gasteiger partial charge in [-0.05, 0) is 87.3 Å². The molecule has 2 fully saturated rings. The number of piperidine rings is 1. The van der Waals surface area contributed by atoms with Gasteiger partial charge in [0.05, 0.1) is 55.1 Å².